The third-order valence-electron chi connectivity index (χ3n) is 2.09. The quantitative estimate of drug-likeness (QED) is 0.365. The summed E-state index contributed by atoms with van der Waals surface area (Å²) in [5.41, 5.74) is 0. The largest absolute Gasteiger partial charge is 0.508 e. The van der Waals surface area contributed by atoms with Gasteiger partial charge in [0.1, 0.15) is 13.2 Å². The van der Waals surface area contributed by atoms with Crippen LogP contribution in [0.4, 0.5) is 4.79 Å². The molecule has 7 heteroatoms. The molecule has 0 spiro atoms. The van der Waals surface area contributed by atoms with Crippen molar-refractivity contribution in [2.45, 2.75) is 6.92 Å². The summed E-state index contributed by atoms with van der Waals surface area (Å²) in [7, 11) is 0. The van der Waals surface area contributed by atoms with Crippen LogP contribution >= 0.6 is 0 Å². The SMILES string of the molecule is CCOCCOC(=O)OCCN1C(=O)C=CC1=O. The van der Waals surface area contributed by atoms with Gasteiger partial charge in [0.2, 0.25) is 0 Å². The summed E-state index contributed by atoms with van der Waals surface area (Å²) in [6, 6.07) is 0. The van der Waals surface area contributed by atoms with Gasteiger partial charge in [-0.2, -0.15) is 0 Å². The molecule has 1 rings (SSSR count). The molecule has 0 aliphatic carbocycles. The molecule has 0 N–H and O–H groups in total. The molecule has 7 nitrogen and oxygen atoms in total. The summed E-state index contributed by atoms with van der Waals surface area (Å²) in [6.45, 7) is 2.72. The fourth-order valence-electron chi connectivity index (χ4n) is 1.24. The van der Waals surface area contributed by atoms with E-state index in [1.54, 1.807) is 0 Å². The van der Waals surface area contributed by atoms with Gasteiger partial charge in [-0.1, -0.05) is 0 Å². The zero-order valence-electron chi connectivity index (χ0n) is 10.1. The van der Waals surface area contributed by atoms with Crippen molar-refractivity contribution in [3.05, 3.63) is 12.2 Å². The van der Waals surface area contributed by atoms with E-state index in [1.807, 2.05) is 6.92 Å². The molecular formula is C11H15NO6. The van der Waals surface area contributed by atoms with E-state index in [-0.39, 0.29) is 19.8 Å². The van der Waals surface area contributed by atoms with Crippen LogP contribution in [0.5, 0.6) is 0 Å². The van der Waals surface area contributed by atoms with Crippen molar-refractivity contribution in [3.8, 4) is 0 Å². The average Bonchev–Trinajstić information content (AvgIpc) is 2.66. The maximum atomic E-state index is 11.1. The van der Waals surface area contributed by atoms with E-state index in [9.17, 15) is 14.4 Å². The zero-order valence-corrected chi connectivity index (χ0v) is 10.1. The van der Waals surface area contributed by atoms with E-state index in [0.717, 1.165) is 4.90 Å². The van der Waals surface area contributed by atoms with Crippen LogP contribution in [0.2, 0.25) is 0 Å². The zero-order chi connectivity index (χ0) is 13.4. The number of amides is 2. The lowest BCUT2D eigenvalue weighted by Gasteiger charge is -2.13. The minimum absolute atomic E-state index is 0.0191. The molecule has 1 aliphatic rings. The molecule has 0 saturated carbocycles. The summed E-state index contributed by atoms with van der Waals surface area (Å²) in [5.74, 6) is -0.818. The fraction of sp³-hybridized carbons (Fsp3) is 0.545. The van der Waals surface area contributed by atoms with Crippen molar-refractivity contribution >= 4 is 18.0 Å². The molecular weight excluding hydrogens is 242 g/mol. The Labute approximate surface area is 104 Å². The molecule has 0 aromatic heterocycles. The highest BCUT2D eigenvalue weighted by molar-refractivity contribution is 6.12. The maximum absolute atomic E-state index is 11.1. The second kappa shape index (κ2) is 7.44. The van der Waals surface area contributed by atoms with Crippen molar-refractivity contribution < 1.29 is 28.6 Å². The Balaban J connectivity index is 2.09. The minimum Gasteiger partial charge on any atom is -0.432 e. The lowest BCUT2D eigenvalue weighted by molar-refractivity contribution is -0.137. The molecule has 0 radical (unpaired) electrons. The van der Waals surface area contributed by atoms with E-state index >= 15 is 0 Å². The number of hydrogen-bond donors (Lipinski definition) is 0. The lowest BCUT2D eigenvalue weighted by Crippen LogP contribution is -2.33. The Bertz CT molecular complexity index is 333. The van der Waals surface area contributed by atoms with E-state index in [0.29, 0.717) is 13.2 Å². The topological polar surface area (TPSA) is 82.1 Å². The second-order valence-corrected chi connectivity index (χ2v) is 3.31. The summed E-state index contributed by atoms with van der Waals surface area (Å²) < 4.78 is 14.3. The van der Waals surface area contributed by atoms with Crippen LogP contribution in [0.15, 0.2) is 12.2 Å². The van der Waals surface area contributed by atoms with Gasteiger partial charge in [0.05, 0.1) is 13.2 Å². The van der Waals surface area contributed by atoms with Gasteiger partial charge in [-0.05, 0) is 6.92 Å². The van der Waals surface area contributed by atoms with Crippen LogP contribution in [-0.4, -0.2) is 55.8 Å². The van der Waals surface area contributed by atoms with Crippen LogP contribution in [0.3, 0.4) is 0 Å². The number of carbonyl (C=O) groups excluding carboxylic acids is 3. The van der Waals surface area contributed by atoms with Gasteiger partial charge < -0.3 is 14.2 Å². The van der Waals surface area contributed by atoms with E-state index in [4.69, 9.17) is 9.47 Å². The first-order valence-corrected chi connectivity index (χ1v) is 5.56. The lowest BCUT2D eigenvalue weighted by atomic mass is 10.5. The van der Waals surface area contributed by atoms with Gasteiger partial charge in [0.15, 0.2) is 0 Å². The molecule has 0 saturated heterocycles. The van der Waals surface area contributed by atoms with Crippen LogP contribution in [-0.2, 0) is 23.8 Å². The van der Waals surface area contributed by atoms with Gasteiger partial charge in [-0.15, -0.1) is 0 Å². The third-order valence-corrected chi connectivity index (χ3v) is 2.09. The van der Waals surface area contributed by atoms with Crippen LogP contribution < -0.4 is 0 Å². The molecule has 0 aromatic carbocycles. The molecule has 2 amide bonds. The highest BCUT2D eigenvalue weighted by Gasteiger charge is 2.23. The first-order valence-electron chi connectivity index (χ1n) is 5.56. The van der Waals surface area contributed by atoms with Crippen LogP contribution in [0, 0.1) is 0 Å². The summed E-state index contributed by atoms with van der Waals surface area (Å²) in [6.07, 6.45) is 1.49. The molecule has 18 heavy (non-hydrogen) atoms. The highest BCUT2D eigenvalue weighted by Crippen LogP contribution is 2.02. The highest BCUT2D eigenvalue weighted by atomic mass is 16.7. The predicted octanol–water partition coefficient (Wildman–Crippen LogP) is 0.101. The number of hydrogen-bond acceptors (Lipinski definition) is 6. The van der Waals surface area contributed by atoms with Crippen molar-refractivity contribution in [1.29, 1.82) is 0 Å². The van der Waals surface area contributed by atoms with Crippen molar-refractivity contribution in [2.75, 3.05) is 33.0 Å². The standard InChI is InChI=1S/C11H15NO6/c1-2-16-7-8-18-11(15)17-6-5-12-9(13)3-4-10(12)14/h3-4H,2,5-8H2,1H3. The predicted molar refractivity (Wildman–Crippen MR) is 59.7 cm³/mol. The number of nitrogens with zero attached hydrogens (tertiary/aromatic N) is 1. The summed E-state index contributed by atoms with van der Waals surface area (Å²) >= 11 is 0. The van der Waals surface area contributed by atoms with E-state index in [1.165, 1.54) is 12.2 Å². The van der Waals surface area contributed by atoms with E-state index in [2.05, 4.69) is 4.74 Å². The fourth-order valence-corrected chi connectivity index (χ4v) is 1.24. The number of ether oxygens (including phenoxy) is 3. The molecule has 0 atom stereocenters. The van der Waals surface area contributed by atoms with Gasteiger partial charge in [0.25, 0.3) is 11.8 Å². The monoisotopic (exact) mass is 257 g/mol. The molecule has 0 unspecified atom stereocenters. The average molecular weight is 257 g/mol. The Kier molecular flexibility index (Phi) is 5.86. The van der Waals surface area contributed by atoms with Gasteiger partial charge in [-0.3, -0.25) is 14.5 Å². The van der Waals surface area contributed by atoms with Crippen molar-refractivity contribution in [1.82, 2.24) is 4.90 Å². The molecule has 0 aromatic rings. The van der Waals surface area contributed by atoms with Gasteiger partial charge in [0, 0.05) is 18.8 Å². The summed E-state index contributed by atoms with van der Waals surface area (Å²) in [4.78, 5) is 34.3. The Hall–Kier alpha value is -1.89. The van der Waals surface area contributed by atoms with E-state index < -0.39 is 18.0 Å². The third kappa shape index (κ3) is 4.54. The molecule has 1 aliphatic heterocycles. The number of rotatable bonds is 7. The number of carbonyl (C=O) groups is 3. The maximum Gasteiger partial charge on any atom is 0.508 e. The van der Waals surface area contributed by atoms with Gasteiger partial charge >= 0.3 is 6.16 Å². The number of imide groups is 1. The Morgan fingerprint density at radius 2 is 1.72 bits per heavy atom. The smallest absolute Gasteiger partial charge is 0.432 e. The molecule has 0 fully saturated rings. The van der Waals surface area contributed by atoms with Crippen LogP contribution in [0.1, 0.15) is 6.92 Å². The summed E-state index contributed by atoms with van der Waals surface area (Å²) in [5, 5.41) is 0. The first kappa shape index (κ1) is 14.2. The molecule has 1 heterocycles. The first-order chi connectivity index (χ1) is 8.65. The second-order valence-electron chi connectivity index (χ2n) is 3.31. The molecule has 100 valence electrons. The molecule has 0 bridgehead atoms. The van der Waals surface area contributed by atoms with Crippen LogP contribution in [0.25, 0.3) is 0 Å². The van der Waals surface area contributed by atoms with Crippen molar-refractivity contribution in [2.24, 2.45) is 0 Å². The van der Waals surface area contributed by atoms with Crippen molar-refractivity contribution in [3.63, 3.8) is 0 Å². The minimum atomic E-state index is -0.846. The normalized spacial score (nSPS) is 14.2. The Morgan fingerprint density at radius 1 is 1.11 bits per heavy atom. The Morgan fingerprint density at radius 3 is 2.33 bits per heavy atom. The van der Waals surface area contributed by atoms with Gasteiger partial charge in [-0.25, -0.2) is 4.79 Å².